The Hall–Kier alpha value is -2.42. The summed E-state index contributed by atoms with van der Waals surface area (Å²) in [5, 5.41) is 0. The summed E-state index contributed by atoms with van der Waals surface area (Å²) in [7, 11) is 0. The Kier molecular flexibility index (Phi) is 29.8. The average molecular weight is 539 g/mol. The van der Waals surface area contributed by atoms with Crippen molar-refractivity contribution < 1.29 is 14.3 Å². The molecule has 3 heteroatoms. The van der Waals surface area contributed by atoms with E-state index >= 15 is 0 Å². The molecule has 0 amide bonds. The number of unbranched alkanes of at least 4 members (excludes halogenated alkanes) is 14. The number of rotatable bonds is 26. The number of allylic oxidation sites excluding steroid dienone is 12. The largest absolute Gasteiger partial charge is 0.393 e. The Bertz CT molecular complexity index is 674. The van der Waals surface area contributed by atoms with Crippen molar-refractivity contribution in [3.8, 4) is 0 Å². The van der Waals surface area contributed by atoms with E-state index in [1.165, 1.54) is 51.4 Å². The van der Waals surface area contributed by atoms with Gasteiger partial charge in [0.1, 0.15) is 0 Å². The second-order valence-electron chi connectivity index (χ2n) is 10.2. The lowest BCUT2D eigenvalue weighted by Crippen LogP contribution is -2.11. The van der Waals surface area contributed by atoms with Gasteiger partial charge in [-0.25, -0.2) is 0 Å². The van der Waals surface area contributed by atoms with Crippen LogP contribution in [0.25, 0.3) is 0 Å². The van der Waals surface area contributed by atoms with Crippen molar-refractivity contribution in [2.75, 3.05) is 0 Å². The minimum atomic E-state index is -0.365. The van der Waals surface area contributed by atoms with Gasteiger partial charge in [-0.1, -0.05) is 151 Å². The van der Waals surface area contributed by atoms with Crippen LogP contribution in [-0.4, -0.2) is 11.9 Å². The standard InChI is InChI=1S/C36H58O3/c1-3-5-7-9-11-13-15-17-19-21-23-25-27-29-31-33-35(37)39-36(38)34-32-30-28-26-24-22-20-18-16-14-12-10-8-6-4-2/h9-20H,3-8,21-34H2,1-2H3. The molecule has 39 heavy (non-hydrogen) atoms. The van der Waals surface area contributed by atoms with E-state index in [1.807, 2.05) is 0 Å². The molecular weight excluding hydrogens is 480 g/mol. The lowest BCUT2D eigenvalue weighted by atomic mass is 10.1. The topological polar surface area (TPSA) is 43.4 Å². The van der Waals surface area contributed by atoms with Crippen LogP contribution in [0.2, 0.25) is 0 Å². The van der Waals surface area contributed by atoms with Crippen LogP contribution in [0, 0.1) is 0 Å². The molecule has 0 fully saturated rings. The highest BCUT2D eigenvalue weighted by Crippen LogP contribution is 2.11. The molecule has 0 aliphatic heterocycles. The third-order valence-corrected chi connectivity index (χ3v) is 6.39. The molecule has 0 spiro atoms. The summed E-state index contributed by atoms with van der Waals surface area (Å²) < 4.78 is 4.97. The van der Waals surface area contributed by atoms with Crippen LogP contribution in [0.5, 0.6) is 0 Å². The normalized spacial score (nSPS) is 12.5. The van der Waals surface area contributed by atoms with E-state index in [2.05, 4.69) is 86.8 Å². The number of esters is 2. The van der Waals surface area contributed by atoms with Crippen molar-refractivity contribution >= 4 is 11.9 Å². The van der Waals surface area contributed by atoms with E-state index in [0.29, 0.717) is 12.8 Å². The molecule has 0 radical (unpaired) electrons. The fraction of sp³-hybridized carbons (Fsp3) is 0.611. The van der Waals surface area contributed by atoms with Gasteiger partial charge in [0.05, 0.1) is 0 Å². The molecule has 0 atom stereocenters. The van der Waals surface area contributed by atoms with Crippen LogP contribution in [-0.2, 0) is 14.3 Å². The zero-order chi connectivity index (χ0) is 28.5. The van der Waals surface area contributed by atoms with E-state index in [4.69, 9.17) is 4.74 Å². The third kappa shape index (κ3) is 31.7. The SMILES string of the molecule is CCCCC=CC=CC=CCCCCCCCC(=O)OC(=O)CCCCCCCC=CC=CC=CCCCC. The van der Waals surface area contributed by atoms with Crippen LogP contribution in [0.4, 0.5) is 0 Å². The van der Waals surface area contributed by atoms with Gasteiger partial charge < -0.3 is 4.74 Å². The summed E-state index contributed by atoms with van der Waals surface area (Å²) >= 11 is 0. The highest BCUT2D eigenvalue weighted by atomic mass is 16.6. The molecule has 0 saturated carbocycles. The van der Waals surface area contributed by atoms with Gasteiger partial charge in [0.2, 0.25) is 0 Å². The smallest absolute Gasteiger partial charge is 0.313 e. The highest BCUT2D eigenvalue weighted by molar-refractivity contribution is 5.85. The zero-order valence-corrected chi connectivity index (χ0v) is 25.3. The lowest BCUT2D eigenvalue weighted by Gasteiger charge is -2.04. The Morgan fingerprint density at radius 3 is 1.08 bits per heavy atom. The first-order valence-corrected chi connectivity index (χ1v) is 15.9. The Balaban J connectivity index is 3.51. The van der Waals surface area contributed by atoms with Gasteiger partial charge in [-0.2, -0.15) is 0 Å². The molecule has 0 heterocycles. The third-order valence-electron chi connectivity index (χ3n) is 6.39. The maximum atomic E-state index is 11.9. The number of ether oxygens (including phenoxy) is 1. The monoisotopic (exact) mass is 538 g/mol. The van der Waals surface area contributed by atoms with Crippen molar-refractivity contribution in [2.24, 2.45) is 0 Å². The van der Waals surface area contributed by atoms with Gasteiger partial charge in [-0.05, 0) is 51.4 Å². The summed E-state index contributed by atoms with van der Waals surface area (Å²) in [6.45, 7) is 4.42. The van der Waals surface area contributed by atoms with Gasteiger partial charge in [0.15, 0.2) is 0 Å². The predicted octanol–water partition coefficient (Wildman–Crippen LogP) is 11.2. The van der Waals surface area contributed by atoms with E-state index in [0.717, 1.165) is 64.2 Å². The first kappa shape index (κ1) is 36.6. The van der Waals surface area contributed by atoms with E-state index in [1.54, 1.807) is 0 Å². The summed E-state index contributed by atoms with van der Waals surface area (Å²) in [4.78, 5) is 23.7. The molecule has 220 valence electrons. The van der Waals surface area contributed by atoms with Crippen molar-refractivity contribution in [1.82, 2.24) is 0 Å². The maximum absolute atomic E-state index is 11.9. The molecule has 0 unspecified atom stereocenters. The van der Waals surface area contributed by atoms with E-state index in [-0.39, 0.29) is 11.9 Å². The van der Waals surface area contributed by atoms with Crippen molar-refractivity contribution in [2.45, 2.75) is 142 Å². The van der Waals surface area contributed by atoms with Gasteiger partial charge in [-0.15, -0.1) is 0 Å². The number of carbonyl (C=O) groups is 2. The van der Waals surface area contributed by atoms with Gasteiger partial charge in [-0.3, -0.25) is 9.59 Å². The first-order valence-electron chi connectivity index (χ1n) is 15.9. The molecule has 3 nitrogen and oxygen atoms in total. The van der Waals surface area contributed by atoms with Crippen LogP contribution < -0.4 is 0 Å². The number of carbonyl (C=O) groups excluding carboxylic acids is 2. The fourth-order valence-electron chi connectivity index (χ4n) is 3.95. The van der Waals surface area contributed by atoms with Crippen molar-refractivity contribution in [3.63, 3.8) is 0 Å². The van der Waals surface area contributed by atoms with Crippen molar-refractivity contribution in [1.29, 1.82) is 0 Å². The molecule has 0 rings (SSSR count). The minimum absolute atomic E-state index is 0.347. The van der Waals surface area contributed by atoms with Gasteiger partial charge >= 0.3 is 11.9 Å². The zero-order valence-electron chi connectivity index (χ0n) is 25.3. The first-order chi connectivity index (χ1) is 19.2. The maximum Gasteiger partial charge on any atom is 0.313 e. The number of hydrogen-bond acceptors (Lipinski definition) is 3. The molecule has 0 aliphatic rings. The van der Waals surface area contributed by atoms with E-state index < -0.39 is 0 Å². The van der Waals surface area contributed by atoms with Crippen LogP contribution in [0.1, 0.15) is 142 Å². The second-order valence-corrected chi connectivity index (χ2v) is 10.2. The van der Waals surface area contributed by atoms with Gasteiger partial charge in [0.25, 0.3) is 0 Å². The highest BCUT2D eigenvalue weighted by Gasteiger charge is 2.09. The molecule has 0 aromatic rings. The lowest BCUT2D eigenvalue weighted by molar-refractivity contribution is -0.159. The van der Waals surface area contributed by atoms with Crippen LogP contribution in [0.15, 0.2) is 72.9 Å². The molecule has 0 aromatic carbocycles. The summed E-state index contributed by atoms with van der Waals surface area (Å²) in [6.07, 6.45) is 46.4. The predicted molar refractivity (Wildman–Crippen MR) is 170 cm³/mol. The molecule has 0 saturated heterocycles. The molecule has 0 aliphatic carbocycles. The second kappa shape index (κ2) is 31.8. The Labute approximate surface area is 241 Å². The summed E-state index contributed by atoms with van der Waals surface area (Å²) in [5.41, 5.74) is 0. The molecule has 0 aromatic heterocycles. The Morgan fingerprint density at radius 1 is 0.410 bits per heavy atom. The molecule has 0 bridgehead atoms. The summed E-state index contributed by atoms with van der Waals surface area (Å²) in [6, 6.07) is 0. The molecule has 0 N–H and O–H groups in total. The Morgan fingerprint density at radius 2 is 0.718 bits per heavy atom. The molecular formula is C36H58O3. The minimum Gasteiger partial charge on any atom is -0.393 e. The van der Waals surface area contributed by atoms with Crippen LogP contribution in [0.3, 0.4) is 0 Å². The average Bonchev–Trinajstić information content (AvgIpc) is 2.93. The van der Waals surface area contributed by atoms with Crippen molar-refractivity contribution in [3.05, 3.63) is 72.9 Å². The summed E-state index contributed by atoms with van der Waals surface area (Å²) in [5.74, 6) is -0.730. The van der Waals surface area contributed by atoms with E-state index in [9.17, 15) is 9.59 Å². The number of hydrogen-bond donors (Lipinski definition) is 0. The van der Waals surface area contributed by atoms with Gasteiger partial charge in [0, 0.05) is 12.8 Å². The fourth-order valence-corrected chi connectivity index (χ4v) is 3.95. The van der Waals surface area contributed by atoms with Crippen LogP contribution >= 0.6 is 0 Å². The quantitative estimate of drug-likeness (QED) is 0.0476.